The van der Waals surface area contributed by atoms with E-state index in [0.717, 1.165) is 5.69 Å². The van der Waals surface area contributed by atoms with Crippen molar-refractivity contribution < 1.29 is 14.3 Å². The second kappa shape index (κ2) is 7.02. The van der Waals surface area contributed by atoms with Crippen LogP contribution in [0.5, 0.6) is 0 Å². The van der Waals surface area contributed by atoms with Gasteiger partial charge < -0.3 is 21.1 Å². The highest BCUT2D eigenvalue weighted by Crippen LogP contribution is 2.18. The SMILES string of the molecule is COC(=O)C(N)(CCN)CC(=O)N(C)c1ccccc1. The average Bonchev–Trinajstić information content (AvgIpc) is 2.46. The smallest absolute Gasteiger partial charge is 0.326 e. The molecule has 1 unspecified atom stereocenters. The summed E-state index contributed by atoms with van der Waals surface area (Å²) in [5.41, 5.74) is 10.8. The topological polar surface area (TPSA) is 98.6 Å². The third-order valence-corrected chi connectivity index (χ3v) is 3.17. The van der Waals surface area contributed by atoms with E-state index >= 15 is 0 Å². The summed E-state index contributed by atoms with van der Waals surface area (Å²) in [5.74, 6) is -0.893. The van der Waals surface area contributed by atoms with E-state index in [-0.39, 0.29) is 25.3 Å². The van der Waals surface area contributed by atoms with Crippen LogP contribution in [0.25, 0.3) is 0 Å². The van der Waals surface area contributed by atoms with Crippen LogP contribution in [-0.4, -0.2) is 38.1 Å². The molecule has 0 aromatic heterocycles. The Labute approximate surface area is 118 Å². The molecule has 1 rings (SSSR count). The number of nitrogens with two attached hydrogens (primary N) is 2. The molecule has 0 aliphatic heterocycles. The lowest BCUT2D eigenvalue weighted by molar-refractivity contribution is -0.149. The van der Waals surface area contributed by atoms with Gasteiger partial charge in [0.15, 0.2) is 0 Å². The Balaban J connectivity index is 2.84. The molecule has 0 aliphatic rings. The van der Waals surface area contributed by atoms with Crippen molar-refractivity contribution in [3.63, 3.8) is 0 Å². The molecule has 1 aromatic rings. The van der Waals surface area contributed by atoms with Gasteiger partial charge in [0.05, 0.1) is 13.5 Å². The summed E-state index contributed by atoms with van der Waals surface area (Å²) in [6.45, 7) is 0.202. The monoisotopic (exact) mass is 279 g/mol. The van der Waals surface area contributed by atoms with Gasteiger partial charge in [0, 0.05) is 12.7 Å². The molecule has 0 saturated heterocycles. The van der Waals surface area contributed by atoms with Crippen molar-refractivity contribution in [1.29, 1.82) is 0 Å². The zero-order chi connectivity index (χ0) is 15.2. The predicted molar refractivity (Wildman–Crippen MR) is 77.1 cm³/mol. The maximum atomic E-state index is 12.3. The Morgan fingerprint density at radius 1 is 1.30 bits per heavy atom. The second-order valence-electron chi connectivity index (χ2n) is 4.65. The predicted octanol–water partition coefficient (Wildman–Crippen LogP) is 0.259. The van der Waals surface area contributed by atoms with Crippen molar-refractivity contribution in [3.8, 4) is 0 Å². The fourth-order valence-corrected chi connectivity index (χ4v) is 1.91. The van der Waals surface area contributed by atoms with E-state index < -0.39 is 11.5 Å². The first-order valence-electron chi connectivity index (χ1n) is 6.33. The van der Waals surface area contributed by atoms with Crippen LogP contribution in [0.15, 0.2) is 30.3 Å². The molecule has 1 atom stereocenters. The number of para-hydroxylation sites is 1. The van der Waals surface area contributed by atoms with E-state index in [1.807, 2.05) is 18.2 Å². The summed E-state index contributed by atoms with van der Waals surface area (Å²) in [5, 5.41) is 0. The van der Waals surface area contributed by atoms with Gasteiger partial charge in [-0.1, -0.05) is 18.2 Å². The number of carbonyl (C=O) groups excluding carboxylic acids is 2. The summed E-state index contributed by atoms with van der Waals surface area (Å²) < 4.78 is 4.66. The van der Waals surface area contributed by atoms with Crippen molar-refractivity contribution in [2.45, 2.75) is 18.4 Å². The molecule has 110 valence electrons. The van der Waals surface area contributed by atoms with Crippen molar-refractivity contribution in [1.82, 2.24) is 0 Å². The van der Waals surface area contributed by atoms with Gasteiger partial charge >= 0.3 is 5.97 Å². The standard InChI is InChI=1S/C14H21N3O3/c1-17(11-6-4-3-5-7-11)12(18)10-14(16,8-9-15)13(19)20-2/h3-7H,8-10,15-16H2,1-2H3. The van der Waals surface area contributed by atoms with Crippen LogP contribution in [0.3, 0.4) is 0 Å². The first-order chi connectivity index (χ1) is 9.44. The minimum absolute atomic E-state index is 0.151. The van der Waals surface area contributed by atoms with Crippen LogP contribution >= 0.6 is 0 Å². The molecular weight excluding hydrogens is 258 g/mol. The van der Waals surface area contributed by atoms with Gasteiger partial charge in [0.25, 0.3) is 0 Å². The number of benzene rings is 1. The van der Waals surface area contributed by atoms with E-state index in [0.29, 0.717) is 0 Å². The first-order valence-corrected chi connectivity index (χ1v) is 6.33. The lowest BCUT2D eigenvalue weighted by Gasteiger charge is -2.27. The van der Waals surface area contributed by atoms with Crippen LogP contribution in [-0.2, 0) is 14.3 Å². The minimum Gasteiger partial charge on any atom is -0.468 e. The van der Waals surface area contributed by atoms with Crippen LogP contribution < -0.4 is 16.4 Å². The van der Waals surface area contributed by atoms with E-state index in [9.17, 15) is 9.59 Å². The molecule has 0 saturated carbocycles. The lowest BCUT2D eigenvalue weighted by Crippen LogP contribution is -2.53. The highest BCUT2D eigenvalue weighted by Gasteiger charge is 2.37. The molecule has 0 fully saturated rings. The lowest BCUT2D eigenvalue weighted by atomic mass is 9.91. The molecule has 20 heavy (non-hydrogen) atoms. The zero-order valence-electron chi connectivity index (χ0n) is 11.8. The number of hydrogen-bond donors (Lipinski definition) is 2. The van der Waals surface area contributed by atoms with E-state index in [1.165, 1.54) is 12.0 Å². The first kappa shape index (κ1) is 16.1. The van der Waals surface area contributed by atoms with Crippen LogP contribution in [0.4, 0.5) is 5.69 Å². The number of methoxy groups -OCH3 is 1. The molecule has 0 spiro atoms. The Morgan fingerprint density at radius 3 is 2.40 bits per heavy atom. The molecule has 0 bridgehead atoms. The maximum absolute atomic E-state index is 12.3. The number of esters is 1. The van der Waals surface area contributed by atoms with Gasteiger partial charge in [-0.25, -0.2) is 0 Å². The van der Waals surface area contributed by atoms with Gasteiger partial charge in [-0.15, -0.1) is 0 Å². The number of amides is 1. The highest BCUT2D eigenvalue weighted by atomic mass is 16.5. The van der Waals surface area contributed by atoms with Gasteiger partial charge in [0.1, 0.15) is 5.54 Å². The Bertz CT molecular complexity index is 464. The number of nitrogens with zero attached hydrogens (tertiary/aromatic N) is 1. The van der Waals surface area contributed by atoms with Gasteiger partial charge in [0.2, 0.25) is 5.91 Å². The zero-order valence-corrected chi connectivity index (χ0v) is 11.8. The molecular formula is C14H21N3O3. The van der Waals surface area contributed by atoms with Crippen molar-refractivity contribution in [2.75, 3.05) is 25.6 Å². The summed E-state index contributed by atoms with van der Waals surface area (Å²) in [6.07, 6.45) is 0.0380. The van der Waals surface area contributed by atoms with E-state index in [4.69, 9.17) is 11.5 Å². The fourth-order valence-electron chi connectivity index (χ4n) is 1.91. The fraction of sp³-hybridized carbons (Fsp3) is 0.429. The number of hydrogen-bond acceptors (Lipinski definition) is 5. The van der Waals surface area contributed by atoms with Crippen molar-refractivity contribution in [3.05, 3.63) is 30.3 Å². The average molecular weight is 279 g/mol. The molecule has 4 N–H and O–H groups in total. The number of anilines is 1. The molecule has 1 amide bonds. The van der Waals surface area contributed by atoms with E-state index in [1.54, 1.807) is 19.2 Å². The number of rotatable bonds is 6. The van der Waals surface area contributed by atoms with Crippen LogP contribution in [0.1, 0.15) is 12.8 Å². The van der Waals surface area contributed by atoms with Gasteiger partial charge in [-0.2, -0.15) is 0 Å². The summed E-state index contributed by atoms with van der Waals surface area (Å²) in [7, 11) is 2.88. The summed E-state index contributed by atoms with van der Waals surface area (Å²) in [4.78, 5) is 25.5. The quantitative estimate of drug-likeness (QED) is 0.728. The Morgan fingerprint density at radius 2 is 1.90 bits per heavy atom. The molecule has 6 nitrogen and oxygen atoms in total. The van der Waals surface area contributed by atoms with Crippen LogP contribution in [0.2, 0.25) is 0 Å². The molecule has 0 heterocycles. The van der Waals surface area contributed by atoms with Gasteiger partial charge in [-0.05, 0) is 25.1 Å². The number of ether oxygens (including phenoxy) is 1. The molecule has 1 aromatic carbocycles. The maximum Gasteiger partial charge on any atom is 0.326 e. The van der Waals surface area contributed by atoms with E-state index in [2.05, 4.69) is 4.74 Å². The number of carbonyl (C=O) groups is 2. The molecule has 0 aliphatic carbocycles. The van der Waals surface area contributed by atoms with Gasteiger partial charge in [-0.3, -0.25) is 9.59 Å². The minimum atomic E-state index is -1.39. The third kappa shape index (κ3) is 3.79. The second-order valence-corrected chi connectivity index (χ2v) is 4.65. The normalized spacial score (nSPS) is 13.4. The largest absolute Gasteiger partial charge is 0.468 e. The molecule has 0 radical (unpaired) electrons. The highest BCUT2D eigenvalue weighted by molar-refractivity contribution is 5.97. The summed E-state index contributed by atoms with van der Waals surface area (Å²) in [6, 6.07) is 9.12. The molecule has 6 heteroatoms. The van der Waals surface area contributed by atoms with Crippen molar-refractivity contribution in [2.24, 2.45) is 11.5 Å². The Hall–Kier alpha value is -1.92. The Kier molecular flexibility index (Phi) is 5.66. The van der Waals surface area contributed by atoms with Crippen LogP contribution in [0, 0.1) is 0 Å². The summed E-state index contributed by atoms with van der Waals surface area (Å²) >= 11 is 0. The van der Waals surface area contributed by atoms with Crippen molar-refractivity contribution >= 4 is 17.6 Å². The third-order valence-electron chi connectivity index (χ3n) is 3.17.